The molecule has 0 bridgehead atoms. The first-order valence-corrected chi connectivity index (χ1v) is 16.1. The van der Waals surface area contributed by atoms with Gasteiger partial charge in [-0.15, -0.1) is 0 Å². The van der Waals surface area contributed by atoms with E-state index in [2.05, 4.69) is 65.9 Å². The van der Waals surface area contributed by atoms with E-state index < -0.39 is 0 Å². The van der Waals surface area contributed by atoms with Crippen LogP contribution in [-0.4, -0.2) is 42.3 Å². The first-order valence-electron chi connectivity index (χ1n) is 5.88. The van der Waals surface area contributed by atoms with Gasteiger partial charge in [0.1, 0.15) is 0 Å². The number of hydrogen-bond acceptors (Lipinski definition) is 2. The van der Waals surface area contributed by atoms with Gasteiger partial charge in [-0.05, 0) is 0 Å². The Morgan fingerprint density at radius 2 is 1.94 bits per heavy atom. The van der Waals surface area contributed by atoms with Crippen molar-refractivity contribution in [3.63, 3.8) is 0 Å². The zero-order chi connectivity index (χ0) is 12.6. The molecule has 0 aromatic carbocycles. The molecule has 17 heavy (non-hydrogen) atoms. The number of thioether (sulfide) groups is 1. The SMILES string of the molecule is [CH3][Sn][c]1ccc([C]2([Sn][CH3])SC(C)=C(C)C2C)s1. The Labute approximate surface area is 133 Å². The maximum absolute atomic E-state index is 2.52. The van der Waals surface area contributed by atoms with Crippen molar-refractivity contribution in [1.29, 1.82) is 0 Å². The van der Waals surface area contributed by atoms with E-state index in [0.29, 0.717) is 2.76 Å². The molecule has 2 unspecified atom stereocenters. The average molecular weight is 476 g/mol. The molecule has 0 aliphatic carbocycles. The molecule has 0 N–H and O–H groups in total. The zero-order valence-corrected chi connectivity index (χ0v) is 18.4. The number of thiophene rings is 1. The molecule has 1 aromatic rings. The summed E-state index contributed by atoms with van der Waals surface area (Å²) in [6, 6.07) is 4.86. The molecule has 0 nitrogen and oxygen atoms in total. The molecule has 4 heteroatoms. The van der Waals surface area contributed by atoms with Crippen LogP contribution in [0.4, 0.5) is 0 Å². The van der Waals surface area contributed by atoms with E-state index in [-0.39, 0.29) is 42.3 Å². The van der Waals surface area contributed by atoms with Gasteiger partial charge in [-0.25, -0.2) is 0 Å². The molecule has 2 rings (SSSR count). The molecular weight excluding hydrogens is 458 g/mol. The van der Waals surface area contributed by atoms with Crippen molar-refractivity contribution in [1.82, 2.24) is 0 Å². The van der Waals surface area contributed by atoms with E-state index in [0.717, 1.165) is 5.92 Å². The van der Waals surface area contributed by atoms with Crippen LogP contribution in [0.15, 0.2) is 22.6 Å². The van der Waals surface area contributed by atoms with Crippen LogP contribution in [0.1, 0.15) is 25.6 Å². The molecular formula is C13H18S2Sn2. The minimum atomic E-state index is -0.362. The zero-order valence-electron chi connectivity index (χ0n) is 11.0. The van der Waals surface area contributed by atoms with Gasteiger partial charge in [-0.2, -0.15) is 0 Å². The van der Waals surface area contributed by atoms with Crippen LogP contribution in [0.2, 0.25) is 9.88 Å². The van der Waals surface area contributed by atoms with Crippen LogP contribution in [0.3, 0.4) is 0 Å². The van der Waals surface area contributed by atoms with E-state index in [1.165, 1.54) is 0 Å². The van der Waals surface area contributed by atoms with Gasteiger partial charge in [0.25, 0.3) is 0 Å². The number of hydrogen-bond donors (Lipinski definition) is 0. The van der Waals surface area contributed by atoms with Gasteiger partial charge in [0.15, 0.2) is 0 Å². The molecule has 0 fully saturated rings. The normalized spacial score (nSPS) is 29.1. The van der Waals surface area contributed by atoms with Crippen LogP contribution in [0.5, 0.6) is 0 Å². The van der Waals surface area contributed by atoms with Crippen LogP contribution >= 0.6 is 23.1 Å². The molecule has 0 saturated carbocycles. The van der Waals surface area contributed by atoms with E-state index in [1.54, 1.807) is 18.2 Å². The van der Waals surface area contributed by atoms with Crippen LogP contribution in [0, 0.1) is 5.92 Å². The van der Waals surface area contributed by atoms with Gasteiger partial charge < -0.3 is 0 Å². The van der Waals surface area contributed by atoms with Gasteiger partial charge in [-0.1, -0.05) is 0 Å². The van der Waals surface area contributed by atoms with Crippen LogP contribution in [-0.2, 0) is 2.76 Å². The van der Waals surface area contributed by atoms with Crippen LogP contribution < -0.4 is 2.89 Å². The summed E-state index contributed by atoms with van der Waals surface area (Å²) in [5.74, 6) is 0.762. The van der Waals surface area contributed by atoms with Gasteiger partial charge in [0.2, 0.25) is 0 Å². The standard InChI is InChI=1S/C11H12S2.2CH3.2Sn/c1-7-8(2)11(13-9(7)3)10-5-4-6-12-10;;;;/h4-5,8H,1-3H3;2*1H3;;. The van der Waals surface area contributed by atoms with Crippen molar-refractivity contribution in [2.24, 2.45) is 5.92 Å². The first-order chi connectivity index (χ1) is 8.05. The van der Waals surface area contributed by atoms with E-state index >= 15 is 0 Å². The van der Waals surface area contributed by atoms with Gasteiger partial charge in [-0.3, -0.25) is 0 Å². The molecule has 90 valence electrons. The second kappa shape index (κ2) is 5.79. The van der Waals surface area contributed by atoms with Crippen molar-refractivity contribution < 1.29 is 0 Å². The van der Waals surface area contributed by atoms with Crippen molar-refractivity contribution in [3.8, 4) is 0 Å². The van der Waals surface area contributed by atoms with Gasteiger partial charge >= 0.3 is 135 Å². The van der Waals surface area contributed by atoms with Gasteiger partial charge in [0, 0.05) is 0 Å². The Balaban J connectivity index is 2.40. The third-order valence-electron chi connectivity index (χ3n) is 3.72. The van der Waals surface area contributed by atoms with E-state index in [1.807, 2.05) is 0 Å². The fraction of sp³-hybridized carbons (Fsp3) is 0.538. The number of rotatable bonds is 3. The Bertz CT molecular complexity index is 450. The second-order valence-electron chi connectivity index (χ2n) is 4.46. The second-order valence-corrected chi connectivity index (χ2v) is 15.7. The molecule has 2 heterocycles. The average Bonchev–Trinajstić information content (AvgIpc) is 2.89. The van der Waals surface area contributed by atoms with Crippen molar-refractivity contribution in [2.45, 2.75) is 33.4 Å². The fourth-order valence-corrected chi connectivity index (χ4v) is 13.6. The Kier molecular flexibility index (Phi) is 5.04. The molecule has 0 spiro atoms. The fourth-order valence-electron chi connectivity index (χ4n) is 2.35. The summed E-state index contributed by atoms with van der Waals surface area (Å²) < 4.78 is 2.22. The van der Waals surface area contributed by atoms with Gasteiger partial charge in [0.05, 0.1) is 0 Å². The van der Waals surface area contributed by atoms with Crippen molar-refractivity contribution >= 4 is 68.3 Å². The summed E-state index contributed by atoms with van der Waals surface area (Å²) in [5.41, 5.74) is 1.64. The summed E-state index contributed by atoms with van der Waals surface area (Å²) in [6.45, 7) is 7.11. The summed E-state index contributed by atoms with van der Waals surface area (Å²) in [4.78, 5) is 8.23. The quantitative estimate of drug-likeness (QED) is 0.601. The number of allylic oxidation sites excluding steroid dienone is 2. The molecule has 0 amide bonds. The molecule has 1 aliphatic heterocycles. The predicted octanol–water partition coefficient (Wildman–Crippen LogP) is 3.71. The Morgan fingerprint density at radius 1 is 1.24 bits per heavy atom. The monoisotopic (exact) mass is 478 g/mol. The Hall–Kier alpha value is 1.39. The first kappa shape index (κ1) is 14.8. The summed E-state index contributed by atoms with van der Waals surface area (Å²) in [7, 11) is 0. The third kappa shape index (κ3) is 2.52. The molecule has 1 aliphatic rings. The Morgan fingerprint density at radius 3 is 2.35 bits per heavy atom. The summed E-state index contributed by atoms with van der Waals surface area (Å²) in [6.07, 6.45) is 0. The third-order valence-corrected chi connectivity index (χ3v) is 17.4. The molecule has 2 atom stereocenters. The van der Waals surface area contributed by atoms with E-state index in [9.17, 15) is 0 Å². The summed E-state index contributed by atoms with van der Waals surface area (Å²) >= 11 is 3.72. The van der Waals surface area contributed by atoms with Crippen LogP contribution in [0.25, 0.3) is 0 Å². The van der Waals surface area contributed by atoms with Crippen molar-refractivity contribution in [2.75, 3.05) is 0 Å². The summed E-state index contributed by atoms with van der Waals surface area (Å²) in [5, 5.41) is 0. The van der Waals surface area contributed by atoms with Crippen molar-refractivity contribution in [3.05, 3.63) is 27.5 Å². The molecule has 4 radical (unpaired) electrons. The topological polar surface area (TPSA) is 0 Å². The minimum absolute atomic E-state index is 0.236. The predicted molar refractivity (Wildman–Crippen MR) is 84.0 cm³/mol. The molecule has 0 saturated heterocycles. The molecule has 1 aromatic heterocycles. The van der Waals surface area contributed by atoms with E-state index in [4.69, 9.17) is 0 Å². The maximum atomic E-state index is 2.52.